The van der Waals surface area contributed by atoms with Gasteiger partial charge in [0.25, 0.3) is 0 Å². The van der Waals surface area contributed by atoms with E-state index < -0.39 is 0 Å². The maximum Gasteiger partial charge on any atom is 0.102 e. The summed E-state index contributed by atoms with van der Waals surface area (Å²) in [6, 6.07) is 8.46. The third kappa shape index (κ3) is 2.78. The highest BCUT2D eigenvalue weighted by Crippen LogP contribution is 2.25. The molecule has 16 heavy (non-hydrogen) atoms. The van der Waals surface area contributed by atoms with Crippen LogP contribution < -0.4 is 5.32 Å². The van der Waals surface area contributed by atoms with Crippen LogP contribution in [0, 0.1) is 0 Å². The zero-order valence-corrected chi connectivity index (χ0v) is 10.7. The molecule has 0 atom stereocenters. The van der Waals surface area contributed by atoms with Crippen molar-refractivity contribution in [2.24, 2.45) is 0 Å². The van der Waals surface area contributed by atoms with E-state index in [0.717, 1.165) is 13.0 Å². The number of nitrogens with one attached hydrogen (secondary N) is 1. The first-order valence-electron chi connectivity index (χ1n) is 6.07. The van der Waals surface area contributed by atoms with Gasteiger partial charge in [-0.3, -0.25) is 0 Å². The Morgan fingerprint density at radius 3 is 2.69 bits per heavy atom. The first-order valence-corrected chi connectivity index (χ1v) is 6.07. The lowest BCUT2D eigenvalue weighted by atomic mass is 10.1. The molecule has 0 radical (unpaired) electrons. The van der Waals surface area contributed by atoms with Crippen LogP contribution in [0.4, 0.5) is 5.69 Å². The third-order valence-electron chi connectivity index (χ3n) is 2.50. The van der Waals surface area contributed by atoms with Crippen molar-refractivity contribution in [3.05, 3.63) is 41.7 Å². The van der Waals surface area contributed by atoms with E-state index in [1.807, 2.05) is 13.8 Å². The number of nitrogens with zero attached hydrogens (tertiary/aromatic N) is 1. The first kappa shape index (κ1) is 12.6. The summed E-state index contributed by atoms with van der Waals surface area (Å²) < 4.78 is 0. The molecule has 1 aromatic rings. The number of fused-ring (bicyclic) bond motifs is 1. The predicted molar refractivity (Wildman–Crippen MR) is 71.3 cm³/mol. The molecule has 2 heteroatoms. The van der Waals surface area contributed by atoms with Crippen LogP contribution in [0.3, 0.4) is 0 Å². The van der Waals surface area contributed by atoms with Crippen LogP contribution in [0.25, 0.3) is 0 Å². The molecule has 0 amide bonds. The van der Waals surface area contributed by atoms with Crippen molar-refractivity contribution in [2.45, 2.75) is 33.7 Å². The molecular weight excluding hydrogens is 196 g/mol. The van der Waals surface area contributed by atoms with Crippen LogP contribution in [0.1, 0.15) is 32.8 Å². The summed E-state index contributed by atoms with van der Waals surface area (Å²) >= 11 is 0. The summed E-state index contributed by atoms with van der Waals surface area (Å²) in [5.41, 5.74) is 2.61. The second-order valence-electron chi connectivity index (χ2n) is 3.64. The molecule has 0 spiro atoms. The normalized spacial score (nSPS) is 16.0. The number of rotatable bonds is 1. The standard InChI is InChI=1S/C12H16N2.C2H6/c1-3-6-12-13-11-8-5-4-7-10(11)9-14(12)2;1-2/h4-8,13H,3,9H2,1-2H3;1-2H3/b12-6-;. The smallest absolute Gasteiger partial charge is 0.102 e. The molecular formula is C14H22N2. The molecule has 0 fully saturated rings. The Morgan fingerprint density at radius 1 is 1.31 bits per heavy atom. The SMILES string of the molecule is CC.CC/C=C1/Nc2ccccc2CN1C. The predicted octanol–water partition coefficient (Wildman–Crippen LogP) is 3.82. The molecule has 2 nitrogen and oxygen atoms in total. The van der Waals surface area contributed by atoms with E-state index in [-0.39, 0.29) is 0 Å². The van der Waals surface area contributed by atoms with Crippen molar-refractivity contribution in [2.75, 3.05) is 12.4 Å². The van der Waals surface area contributed by atoms with Crippen LogP contribution in [0.2, 0.25) is 0 Å². The summed E-state index contributed by atoms with van der Waals surface area (Å²) in [4.78, 5) is 2.24. The van der Waals surface area contributed by atoms with E-state index in [1.165, 1.54) is 17.1 Å². The number of allylic oxidation sites excluding steroid dienone is 1. The Bertz CT molecular complexity index is 356. The minimum Gasteiger partial charge on any atom is -0.357 e. The van der Waals surface area contributed by atoms with Gasteiger partial charge in [-0.2, -0.15) is 0 Å². The topological polar surface area (TPSA) is 15.3 Å². The van der Waals surface area contributed by atoms with E-state index >= 15 is 0 Å². The van der Waals surface area contributed by atoms with Gasteiger partial charge in [0.1, 0.15) is 5.82 Å². The van der Waals surface area contributed by atoms with Crippen LogP contribution >= 0.6 is 0 Å². The van der Waals surface area contributed by atoms with E-state index in [4.69, 9.17) is 0 Å². The number of para-hydroxylation sites is 1. The molecule has 1 aliphatic heterocycles. The molecule has 1 aromatic carbocycles. The lowest BCUT2D eigenvalue weighted by Gasteiger charge is -2.30. The van der Waals surface area contributed by atoms with E-state index in [0.29, 0.717) is 0 Å². The van der Waals surface area contributed by atoms with Gasteiger partial charge >= 0.3 is 0 Å². The zero-order valence-electron chi connectivity index (χ0n) is 10.7. The maximum atomic E-state index is 3.43. The summed E-state index contributed by atoms with van der Waals surface area (Å²) in [7, 11) is 2.12. The summed E-state index contributed by atoms with van der Waals surface area (Å²) in [6.45, 7) is 7.15. The highest BCUT2D eigenvalue weighted by molar-refractivity contribution is 5.56. The van der Waals surface area contributed by atoms with Crippen molar-refractivity contribution >= 4 is 5.69 Å². The van der Waals surface area contributed by atoms with Crippen molar-refractivity contribution in [3.8, 4) is 0 Å². The van der Waals surface area contributed by atoms with Gasteiger partial charge in [-0.1, -0.05) is 39.0 Å². The number of hydrogen-bond acceptors (Lipinski definition) is 2. The monoisotopic (exact) mass is 218 g/mol. The fraction of sp³-hybridized carbons (Fsp3) is 0.429. The molecule has 0 saturated carbocycles. The van der Waals surface area contributed by atoms with Crippen molar-refractivity contribution in [3.63, 3.8) is 0 Å². The first-order chi connectivity index (χ1) is 7.81. The molecule has 0 aliphatic carbocycles. The van der Waals surface area contributed by atoms with Crippen LogP contribution in [-0.4, -0.2) is 11.9 Å². The van der Waals surface area contributed by atoms with Gasteiger partial charge in [0, 0.05) is 19.3 Å². The van der Waals surface area contributed by atoms with Crippen molar-refractivity contribution in [1.82, 2.24) is 4.90 Å². The zero-order chi connectivity index (χ0) is 12.0. The second-order valence-corrected chi connectivity index (χ2v) is 3.64. The minimum absolute atomic E-state index is 0.995. The van der Waals surface area contributed by atoms with Gasteiger partial charge < -0.3 is 10.2 Å². The highest BCUT2D eigenvalue weighted by atomic mass is 15.2. The van der Waals surface area contributed by atoms with Crippen LogP contribution in [-0.2, 0) is 6.54 Å². The largest absolute Gasteiger partial charge is 0.357 e. The van der Waals surface area contributed by atoms with Crippen LogP contribution in [0.15, 0.2) is 36.2 Å². The van der Waals surface area contributed by atoms with Crippen LogP contribution in [0.5, 0.6) is 0 Å². The Hall–Kier alpha value is -1.44. The Balaban J connectivity index is 0.000000606. The summed E-state index contributed by atoms with van der Waals surface area (Å²) in [6.07, 6.45) is 3.28. The van der Waals surface area contributed by atoms with Gasteiger partial charge in [0.05, 0.1) is 0 Å². The van der Waals surface area contributed by atoms with Crippen molar-refractivity contribution in [1.29, 1.82) is 0 Å². The van der Waals surface area contributed by atoms with Gasteiger partial charge in [-0.15, -0.1) is 0 Å². The Labute approximate surface area is 99.0 Å². The average Bonchev–Trinajstić information content (AvgIpc) is 2.33. The van der Waals surface area contributed by atoms with E-state index in [2.05, 4.69) is 54.5 Å². The molecule has 1 aliphatic rings. The summed E-state index contributed by atoms with van der Waals surface area (Å²) in [5.74, 6) is 1.21. The number of benzene rings is 1. The number of anilines is 1. The Kier molecular flexibility index (Phi) is 4.90. The van der Waals surface area contributed by atoms with E-state index in [1.54, 1.807) is 0 Å². The molecule has 1 N–H and O–H groups in total. The quantitative estimate of drug-likeness (QED) is 0.771. The molecule has 1 heterocycles. The lowest BCUT2D eigenvalue weighted by molar-refractivity contribution is 0.404. The molecule has 2 rings (SSSR count). The fourth-order valence-corrected chi connectivity index (χ4v) is 1.75. The average molecular weight is 218 g/mol. The third-order valence-corrected chi connectivity index (χ3v) is 2.50. The van der Waals surface area contributed by atoms with Gasteiger partial charge in [0.2, 0.25) is 0 Å². The molecule has 0 bridgehead atoms. The fourth-order valence-electron chi connectivity index (χ4n) is 1.75. The lowest BCUT2D eigenvalue weighted by Crippen LogP contribution is -2.27. The molecule has 88 valence electrons. The second kappa shape index (κ2) is 6.21. The summed E-state index contributed by atoms with van der Waals surface area (Å²) in [5, 5.41) is 3.43. The van der Waals surface area contributed by atoms with Crippen molar-refractivity contribution < 1.29 is 0 Å². The van der Waals surface area contributed by atoms with Gasteiger partial charge in [0.15, 0.2) is 0 Å². The van der Waals surface area contributed by atoms with Gasteiger partial charge in [-0.05, 0) is 24.1 Å². The minimum atomic E-state index is 0.995. The molecule has 0 unspecified atom stereocenters. The molecule has 0 aromatic heterocycles. The highest BCUT2D eigenvalue weighted by Gasteiger charge is 2.14. The van der Waals surface area contributed by atoms with Gasteiger partial charge in [-0.25, -0.2) is 0 Å². The van der Waals surface area contributed by atoms with E-state index in [9.17, 15) is 0 Å². The maximum absolute atomic E-state index is 3.43. The molecule has 0 saturated heterocycles. The number of hydrogen-bond donors (Lipinski definition) is 1. The Morgan fingerprint density at radius 2 is 2.00 bits per heavy atom.